The minimum atomic E-state index is -5.08. The van der Waals surface area contributed by atoms with E-state index in [1.54, 1.807) is 12.4 Å². The Hall–Kier alpha value is -3.50. The topological polar surface area (TPSA) is 97.0 Å². The fraction of sp³-hybridized carbons (Fsp3) is 0.350. The first-order valence-corrected chi connectivity index (χ1v) is 9.54. The van der Waals surface area contributed by atoms with Crippen LogP contribution in [0.1, 0.15) is 24.4 Å². The fourth-order valence-corrected chi connectivity index (χ4v) is 3.13. The molecular weight excluding hydrogens is 413 g/mol. The Morgan fingerprint density at radius 1 is 1.13 bits per heavy atom. The summed E-state index contributed by atoms with van der Waals surface area (Å²) in [4.78, 5) is 19.7. The Kier molecular flexibility index (Phi) is 6.83. The number of carbonyl (C=O) groups is 1. The van der Waals surface area contributed by atoms with Crippen LogP contribution in [0.4, 0.5) is 19.0 Å². The molecule has 3 aromatic rings. The van der Waals surface area contributed by atoms with Crippen molar-refractivity contribution in [3.05, 3.63) is 54.6 Å². The number of carboxylic acid groups (broad SMARTS) is 1. The molecular formula is C20H21F3N6O2. The molecule has 0 spiro atoms. The number of nitrogens with zero attached hydrogens (tertiary/aromatic N) is 6. The van der Waals surface area contributed by atoms with Gasteiger partial charge in [-0.05, 0) is 19.8 Å². The largest absolute Gasteiger partial charge is 0.490 e. The van der Waals surface area contributed by atoms with E-state index in [4.69, 9.17) is 9.90 Å². The van der Waals surface area contributed by atoms with Crippen LogP contribution in [0.5, 0.6) is 0 Å². The zero-order valence-corrected chi connectivity index (χ0v) is 16.7. The van der Waals surface area contributed by atoms with E-state index in [1.165, 1.54) is 5.56 Å². The summed E-state index contributed by atoms with van der Waals surface area (Å²) < 4.78 is 33.8. The molecule has 1 fully saturated rings. The van der Waals surface area contributed by atoms with Gasteiger partial charge in [0.1, 0.15) is 11.5 Å². The molecule has 164 valence electrons. The van der Waals surface area contributed by atoms with Crippen LogP contribution in [0.3, 0.4) is 0 Å². The number of piperidine rings is 1. The van der Waals surface area contributed by atoms with Gasteiger partial charge >= 0.3 is 12.1 Å². The van der Waals surface area contributed by atoms with Gasteiger partial charge in [-0.15, -0.1) is 5.10 Å². The van der Waals surface area contributed by atoms with Crippen molar-refractivity contribution in [3.63, 3.8) is 0 Å². The normalized spacial score (nSPS) is 14.6. The second kappa shape index (κ2) is 9.54. The van der Waals surface area contributed by atoms with Gasteiger partial charge in [0.05, 0.1) is 18.4 Å². The number of halogens is 3. The maximum absolute atomic E-state index is 10.6. The van der Waals surface area contributed by atoms with Crippen molar-refractivity contribution in [1.82, 2.24) is 25.0 Å². The number of alkyl halides is 3. The molecule has 1 aromatic carbocycles. The van der Waals surface area contributed by atoms with Crippen LogP contribution in [0, 0.1) is 6.92 Å². The summed E-state index contributed by atoms with van der Waals surface area (Å²) >= 11 is 0. The third-order valence-corrected chi connectivity index (χ3v) is 4.81. The van der Waals surface area contributed by atoms with E-state index >= 15 is 0 Å². The number of anilines is 1. The molecule has 0 amide bonds. The van der Waals surface area contributed by atoms with Gasteiger partial charge in [-0.1, -0.05) is 35.0 Å². The molecule has 0 aliphatic carbocycles. The maximum atomic E-state index is 10.6. The monoisotopic (exact) mass is 434 g/mol. The molecule has 11 heteroatoms. The Balaban J connectivity index is 0.000000339. The highest BCUT2D eigenvalue weighted by Crippen LogP contribution is 2.26. The molecule has 0 unspecified atom stereocenters. The molecule has 1 aliphatic rings. The van der Waals surface area contributed by atoms with Crippen LogP contribution < -0.4 is 4.90 Å². The average molecular weight is 434 g/mol. The van der Waals surface area contributed by atoms with Gasteiger partial charge in [0.15, 0.2) is 0 Å². The summed E-state index contributed by atoms with van der Waals surface area (Å²) in [5.74, 6) is -1.80. The molecule has 31 heavy (non-hydrogen) atoms. The predicted octanol–water partition coefficient (Wildman–Crippen LogP) is 3.52. The van der Waals surface area contributed by atoms with Crippen LogP contribution in [0.2, 0.25) is 0 Å². The Morgan fingerprint density at radius 3 is 2.32 bits per heavy atom. The van der Waals surface area contributed by atoms with Crippen molar-refractivity contribution < 1.29 is 23.1 Å². The summed E-state index contributed by atoms with van der Waals surface area (Å²) in [5.41, 5.74) is 3.30. The molecule has 3 heterocycles. The molecule has 1 saturated heterocycles. The summed E-state index contributed by atoms with van der Waals surface area (Å²) in [6.45, 7) is 4.01. The van der Waals surface area contributed by atoms with E-state index in [1.807, 2.05) is 10.9 Å². The van der Waals surface area contributed by atoms with Crippen LogP contribution in [-0.2, 0) is 4.79 Å². The maximum Gasteiger partial charge on any atom is 0.490 e. The number of hydrogen-bond donors (Lipinski definition) is 1. The van der Waals surface area contributed by atoms with Crippen LogP contribution in [0.15, 0.2) is 49.1 Å². The lowest BCUT2D eigenvalue weighted by atomic mass is 10.1. The molecule has 0 bridgehead atoms. The highest BCUT2D eigenvalue weighted by molar-refractivity contribution is 5.73. The van der Waals surface area contributed by atoms with Crippen molar-refractivity contribution in [2.24, 2.45) is 0 Å². The quantitative estimate of drug-likeness (QED) is 0.674. The highest BCUT2D eigenvalue weighted by atomic mass is 19.4. The molecule has 8 nitrogen and oxygen atoms in total. The second-order valence-electron chi connectivity index (χ2n) is 7.03. The predicted molar refractivity (Wildman–Crippen MR) is 106 cm³/mol. The third kappa shape index (κ3) is 6.00. The number of carboxylic acids is 1. The van der Waals surface area contributed by atoms with E-state index in [0.29, 0.717) is 6.04 Å². The highest BCUT2D eigenvalue weighted by Gasteiger charge is 2.38. The van der Waals surface area contributed by atoms with Gasteiger partial charge in [0.25, 0.3) is 0 Å². The zero-order chi connectivity index (χ0) is 22.4. The first-order chi connectivity index (χ1) is 14.7. The fourth-order valence-electron chi connectivity index (χ4n) is 3.13. The minimum absolute atomic E-state index is 0.393. The van der Waals surface area contributed by atoms with Crippen molar-refractivity contribution in [1.29, 1.82) is 0 Å². The van der Waals surface area contributed by atoms with E-state index < -0.39 is 12.1 Å². The Labute approximate surface area is 176 Å². The van der Waals surface area contributed by atoms with Gasteiger partial charge in [-0.25, -0.2) is 14.5 Å². The summed E-state index contributed by atoms with van der Waals surface area (Å²) in [5, 5.41) is 15.8. The number of hydrogen-bond acceptors (Lipinski definition) is 6. The lowest BCUT2D eigenvalue weighted by Crippen LogP contribution is -2.35. The minimum Gasteiger partial charge on any atom is -0.475 e. The standard InChI is InChI=1S/C18H20N6.C2HF3O2/c1-14-2-4-15(5-3-14)17-13-24(22-21-17)16-6-10-23(11-7-16)18-12-19-8-9-20-18;3-2(4,5)1(6)7/h2-5,8-9,12-13,16H,6-7,10-11H2,1H3;(H,6,7). The van der Waals surface area contributed by atoms with Gasteiger partial charge in [-0.3, -0.25) is 4.98 Å². The van der Waals surface area contributed by atoms with Gasteiger partial charge in [0.2, 0.25) is 0 Å². The molecule has 2 aromatic heterocycles. The lowest BCUT2D eigenvalue weighted by Gasteiger charge is -2.32. The Morgan fingerprint density at radius 2 is 1.77 bits per heavy atom. The van der Waals surface area contributed by atoms with Crippen LogP contribution >= 0.6 is 0 Å². The summed E-state index contributed by atoms with van der Waals surface area (Å²) in [6, 6.07) is 8.80. The van der Waals surface area contributed by atoms with E-state index in [2.05, 4.69) is 62.6 Å². The molecule has 0 radical (unpaired) electrons. The molecule has 1 N–H and O–H groups in total. The smallest absolute Gasteiger partial charge is 0.475 e. The second-order valence-corrected chi connectivity index (χ2v) is 7.03. The number of aromatic nitrogens is 5. The molecule has 0 saturated carbocycles. The number of aryl methyl sites for hydroxylation is 1. The van der Waals surface area contributed by atoms with Crippen molar-refractivity contribution in [2.45, 2.75) is 32.0 Å². The molecule has 1 aliphatic heterocycles. The zero-order valence-electron chi connectivity index (χ0n) is 16.7. The summed E-state index contributed by atoms with van der Waals surface area (Å²) in [6.07, 6.45) is 4.32. The van der Waals surface area contributed by atoms with Crippen molar-refractivity contribution in [2.75, 3.05) is 18.0 Å². The number of benzene rings is 1. The number of rotatable bonds is 3. The van der Waals surface area contributed by atoms with Gasteiger partial charge < -0.3 is 10.0 Å². The lowest BCUT2D eigenvalue weighted by molar-refractivity contribution is -0.192. The van der Waals surface area contributed by atoms with Crippen LogP contribution in [-0.4, -0.2) is 55.3 Å². The number of aliphatic carboxylic acids is 1. The van der Waals surface area contributed by atoms with Crippen molar-refractivity contribution >= 4 is 11.8 Å². The van der Waals surface area contributed by atoms with Gasteiger partial charge in [0, 0.05) is 31.0 Å². The van der Waals surface area contributed by atoms with E-state index in [9.17, 15) is 13.2 Å². The van der Waals surface area contributed by atoms with Gasteiger partial charge in [-0.2, -0.15) is 13.2 Å². The Bertz CT molecular complexity index is 984. The van der Waals surface area contributed by atoms with Crippen LogP contribution in [0.25, 0.3) is 11.3 Å². The van der Waals surface area contributed by atoms with E-state index in [0.717, 1.165) is 43.0 Å². The van der Waals surface area contributed by atoms with E-state index in [-0.39, 0.29) is 0 Å². The van der Waals surface area contributed by atoms with Crippen molar-refractivity contribution in [3.8, 4) is 11.3 Å². The average Bonchev–Trinajstić information content (AvgIpc) is 3.25. The summed E-state index contributed by atoms with van der Waals surface area (Å²) in [7, 11) is 0. The molecule has 4 rings (SSSR count). The molecule has 0 atom stereocenters. The first kappa shape index (κ1) is 22.2. The first-order valence-electron chi connectivity index (χ1n) is 9.54. The third-order valence-electron chi connectivity index (χ3n) is 4.81. The SMILES string of the molecule is Cc1ccc(-c2cn(C3CCN(c4cnccn4)CC3)nn2)cc1.O=C(O)C(F)(F)F.